The third-order valence-corrected chi connectivity index (χ3v) is 3.90. The number of nitrogens with zero attached hydrogens (tertiary/aromatic N) is 3. The minimum Gasteiger partial charge on any atom is -0.496 e. The van der Waals surface area contributed by atoms with Crippen molar-refractivity contribution in [1.82, 2.24) is 14.4 Å². The van der Waals surface area contributed by atoms with E-state index in [0.29, 0.717) is 0 Å². The maximum Gasteiger partial charge on any atom is 0.155 e. The molecule has 0 aliphatic rings. The Balaban J connectivity index is 2.08. The minimum atomic E-state index is 0.830. The van der Waals surface area contributed by atoms with Crippen molar-refractivity contribution in [3.05, 3.63) is 43.0 Å². The molecule has 5 heteroatoms. The molecule has 0 saturated heterocycles. The Labute approximate surface area is 121 Å². The fraction of sp³-hybridized carbons (Fsp3) is 0.200. The molecule has 0 spiro atoms. The molecule has 0 amide bonds. The van der Waals surface area contributed by atoms with Crippen molar-refractivity contribution in [2.45, 2.75) is 11.8 Å². The second-order valence-corrected chi connectivity index (χ2v) is 5.60. The van der Waals surface area contributed by atoms with Crippen LogP contribution in [-0.2, 0) is 0 Å². The molecule has 4 nitrogen and oxygen atoms in total. The van der Waals surface area contributed by atoms with Gasteiger partial charge in [-0.3, -0.25) is 4.98 Å². The number of methoxy groups -OCH3 is 1. The van der Waals surface area contributed by atoms with E-state index in [1.165, 1.54) is 4.90 Å². The first-order valence-corrected chi connectivity index (χ1v) is 7.40. The first-order chi connectivity index (χ1) is 9.81. The van der Waals surface area contributed by atoms with E-state index in [1.54, 1.807) is 31.3 Å². The van der Waals surface area contributed by atoms with Crippen LogP contribution in [0.2, 0.25) is 0 Å². The number of hydrogen-bond donors (Lipinski definition) is 0. The van der Waals surface area contributed by atoms with Crippen molar-refractivity contribution < 1.29 is 4.74 Å². The number of aromatic nitrogens is 3. The van der Waals surface area contributed by atoms with Gasteiger partial charge in [0.2, 0.25) is 0 Å². The van der Waals surface area contributed by atoms with Crippen LogP contribution in [0, 0.1) is 0 Å². The predicted molar refractivity (Wildman–Crippen MR) is 81.4 cm³/mol. The van der Waals surface area contributed by atoms with Crippen molar-refractivity contribution >= 4 is 17.4 Å². The van der Waals surface area contributed by atoms with E-state index in [-0.39, 0.29) is 0 Å². The van der Waals surface area contributed by atoms with Crippen LogP contribution in [0.1, 0.15) is 6.92 Å². The summed E-state index contributed by atoms with van der Waals surface area (Å²) in [6.45, 7) is 2.14. The number of fused-ring (bicyclic) bond motifs is 1. The fourth-order valence-electron chi connectivity index (χ4n) is 2.11. The van der Waals surface area contributed by atoms with Gasteiger partial charge in [0.1, 0.15) is 5.75 Å². The molecule has 102 valence electrons. The molecule has 1 aromatic carbocycles. The maximum absolute atomic E-state index is 5.50. The van der Waals surface area contributed by atoms with Crippen LogP contribution in [0.5, 0.6) is 5.75 Å². The van der Waals surface area contributed by atoms with Crippen molar-refractivity contribution in [3.63, 3.8) is 0 Å². The highest BCUT2D eigenvalue weighted by Crippen LogP contribution is 2.33. The second-order valence-electron chi connectivity index (χ2n) is 4.26. The molecule has 0 atom stereocenters. The average Bonchev–Trinajstić information content (AvgIpc) is 2.91. The normalized spacial score (nSPS) is 10.9. The Hall–Kier alpha value is -2.01. The lowest BCUT2D eigenvalue weighted by Gasteiger charge is -2.08. The molecule has 0 saturated carbocycles. The molecule has 3 rings (SSSR count). The van der Waals surface area contributed by atoms with Gasteiger partial charge in [0.05, 0.1) is 19.0 Å². The van der Waals surface area contributed by atoms with Gasteiger partial charge in [-0.25, -0.2) is 4.98 Å². The fourth-order valence-corrected chi connectivity index (χ4v) is 2.80. The molecule has 0 aliphatic carbocycles. The number of imidazole rings is 1. The number of rotatable bonds is 4. The van der Waals surface area contributed by atoms with Gasteiger partial charge >= 0.3 is 0 Å². The molecule has 3 aromatic rings. The molecular weight excluding hydrogens is 270 g/mol. The van der Waals surface area contributed by atoms with Crippen molar-refractivity contribution in [2.75, 3.05) is 12.9 Å². The highest BCUT2D eigenvalue weighted by molar-refractivity contribution is 7.99. The summed E-state index contributed by atoms with van der Waals surface area (Å²) in [5.74, 6) is 1.89. The zero-order valence-corrected chi connectivity index (χ0v) is 12.2. The van der Waals surface area contributed by atoms with Gasteiger partial charge in [0.25, 0.3) is 0 Å². The lowest BCUT2D eigenvalue weighted by molar-refractivity contribution is 0.415. The number of thioether (sulfide) groups is 1. The van der Waals surface area contributed by atoms with Gasteiger partial charge in [0, 0.05) is 29.0 Å². The van der Waals surface area contributed by atoms with Crippen molar-refractivity contribution in [3.8, 4) is 17.0 Å². The monoisotopic (exact) mass is 285 g/mol. The summed E-state index contributed by atoms with van der Waals surface area (Å²) >= 11 is 1.80. The van der Waals surface area contributed by atoms with E-state index in [4.69, 9.17) is 4.74 Å². The summed E-state index contributed by atoms with van der Waals surface area (Å²) in [5, 5.41) is 0. The summed E-state index contributed by atoms with van der Waals surface area (Å²) in [6.07, 6.45) is 7.37. The first-order valence-electron chi connectivity index (χ1n) is 6.41. The quantitative estimate of drug-likeness (QED) is 0.688. The molecule has 0 unspecified atom stereocenters. The first kappa shape index (κ1) is 13.0. The van der Waals surface area contributed by atoms with E-state index in [2.05, 4.69) is 35.1 Å². The summed E-state index contributed by atoms with van der Waals surface area (Å²) in [5.41, 5.74) is 2.72. The molecule has 0 N–H and O–H groups in total. The Morgan fingerprint density at radius 1 is 1.35 bits per heavy atom. The van der Waals surface area contributed by atoms with Crippen LogP contribution in [0.25, 0.3) is 16.9 Å². The largest absolute Gasteiger partial charge is 0.496 e. The summed E-state index contributed by atoms with van der Waals surface area (Å²) in [7, 11) is 1.69. The molecular formula is C15H15N3OS. The van der Waals surface area contributed by atoms with Crippen LogP contribution >= 0.6 is 11.8 Å². The second kappa shape index (κ2) is 5.54. The van der Waals surface area contributed by atoms with Crippen molar-refractivity contribution in [2.24, 2.45) is 0 Å². The van der Waals surface area contributed by atoms with Gasteiger partial charge in [0.15, 0.2) is 5.65 Å². The molecule has 0 aliphatic heterocycles. The highest BCUT2D eigenvalue weighted by Gasteiger charge is 2.11. The summed E-state index contributed by atoms with van der Waals surface area (Å²) in [6, 6.07) is 6.23. The van der Waals surface area contributed by atoms with Gasteiger partial charge in [-0.1, -0.05) is 6.92 Å². The third kappa shape index (κ3) is 2.36. The van der Waals surface area contributed by atoms with E-state index < -0.39 is 0 Å². The summed E-state index contributed by atoms with van der Waals surface area (Å²) in [4.78, 5) is 9.87. The van der Waals surface area contributed by atoms with Crippen LogP contribution in [0.15, 0.2) is 47.9 Å². The Kier molecular flexibility index (Phi) is 3.60. The molecule has 2 aromatic heterocycles. The number of benzene rings is 1. The van der Waals surface area contributed by atoms with E-state index in [0.717, 1.165) is 28.4 Å². The van der Waals surface area contributed by atoms with Gasteiger partial charge in [-0.05, 0) is 24.0 Å². The highest BCUT2D eigenvalue weighted by atomic mass is 32.2. The summed E-state index contributed by atoms with van der Waals surface area (Å²) < 4.78 is 7.46. The Morgan fingerprint density at radius 2 is 2.25 bits per heavy atom. The average molecular weight is 285 g/mol. The minimum absolute atomic E-state index is 0.830. The Bertz CT molecular complexity index is 706. The SMILES string of the molecule is CCSc1ccc(-c2cn3ccncc3n2)c(OC)c1. The zero-order valence-electron chi connectivity index (χ0n) is 11.4. The van der Waals surface area contributed by atoms with Crippen LogP contribution in [-0.4, -0.2) is 27.2 Å². The third-order valence-electron chi connectivity index (χ3n) is 3.02. The lowest BCUT2D eigenvalue weighted by Crippen LogP contribution is -1.89. The Morgan fingerprint density at radius 3 is 3.00 bits per heavy atom. The van der Waals surface area contributed by atoms with Crippen molar-refractivity contribution in [1.29, 1.82) is 0 Å². The zero-order chi connectivity index (χ0) is 13.9. The van der Waals surface area contributed by atoms with Gasteiger partial charge < -0.3 is 9.14 Å². The van der Waals surface area contributed by atoms with Crippen LogP contribution < -0.4 is 4.74 Å². The smallest absolute Gasteiger partial charge is 0.155 e. The van der Waals surface area contributed by atoms with Gasteiger partial charge in [-0.2, -0.15) is 0 Å². The molecule has 0 radical (unpaired) electrons. The molecule has 2 heterocycles. The lowest BCUT2D eigenvalue weighted by atomic mass is 10.1. The van der Waals surface area contributed by atoms with Crippen LogP contribution in [0.3, 0.4) is 0 Å². The topological polar surface area (TPSA) is 39.4 Å². The number of ether oxygens (including phenoxy) is 1. The predicted octanol–water partition coefficient (Wildman–Crippen LogP) is 3.52. The molecule has 0 bridgehead atoms. The standard InChI is InChI=1S/C15H15N3OS/c1-3-20-11-4-5-12(14(8-11)19-2)13-10-18-7-6-16-9-15(18)17-13/h4-10H,3H2,1-2H3. The van der Waals surface area contributed by atoms with E-state index in [9.17, 15) is 0 Å². The van der Waals surface area contributed by atoms with E-state index >= 15 is 0 Å². The number of hydrogen-bond acceptors (Lipinski definition) is 4. The molecule has 20 heavy (non-hydrogen) atoms. The van der Waals surface area contributed by atoms with Gasteiger partial charge in [-0.15, -0.1) is 11.8 Å². The van der Waals surface area contributed by atoms with E-state index in [1.807, 2.05) is 16.8 Å². The maximum atomic E-state index is 5.50. The molecule has 0 fully saturated rings. The van der Waals surface area contributed by atoms with Crippen LogP contribution in [0.4, 0.5) is 0 Å².